The number of urea groups is 1. The van der Waals surface area contributed by atoms with Crippen LogP contribution in [0.3, 0.4) is 0 Å². The molecule has 110 valence electrons. The molecule has 0 bridgehead atoms. The van der Waals surface area contributed by atoms with E-state index in [1.807, 2.05) is 6.92 Å². The first-order chi connectivity index (χ1) is 9.45. The molecule has 0 saturated heterocycles. The van der Waals surface area contributed by atoms with E-state index in [2.05, 4.69) is 15.6 Å². The summed E-state index contributed by atoms with van der Waals surface area (Å²) in [6.07, 6.45) is 3.99. The highest BCUT2D eigenvalue weighted by Gasteiger charge is 2.48. The Hall–Kier alpha value is -2.05. The molecule has 0 aliphatic heterocycles. The lowest BCUT2D eigenvalue weighted by molar-refractivity contribution is -0.144. The number of oxazole rings is 1. The molecule has 1 fully saturated rings. The minimum atomic E-state index is -1.21. The van der Waals surface area contributed by atoms with E-state index in [-0.39, 0.29) is 12.5 Å². The van der Waals surface area contributed by atoms with E-state index < -0.39 is 17.5 Å². The van der Waals surface area contributed by atoms with Gasteiger partial charge in [0.25, 0.3) is 0 Å². The zero-order chi connectivity index (χ0) is 14.8. The van der Waals surface area contributed by atoms with Gasteiger partial charge in [0.05, 0.1) is 12.7 Å². The molecule has 0 aromatic carbocycles. The SMILES string of the molecule is CCc1cnc(CNC(=O)NC(C)(C(=O)O)C2CC2)o1. The molecule has 2 amide bonds. The molecule has 7 heteroatoms. The van der Waals surface area contributed by atoms with Crippen LogP contribution in [0, 0.1) is 5.92 Å². The Balaban J connectivity index is 1.87. The number of carbonyl (C=O) groups is 2. The van der Waals surface area contributed by atoms with Crippen LogP contribution in [-0.4, -0.2) is 27.6 Å². The van der Waals surface area contributed by atoms with Crippen molar-refractivity contribution < 1.29 is 19.1 Å². The third-order valence-corrected chi connectivity index (χ3v) is 3.56. The van der Waals surface area contributed by atoms with Crippen molar-refractivity contribution in [2.75, 3.05) is 0 Å². The zero-order valence-corrected chi connectivity index (χ0v) is 11.6. The quantitative estimate of drug-likeness (QED) is 0.728. The van der Waals surface area contributed by atoms with Gasteiger partial charge in [-0.25, -0.2) is 14.6 Å². The Kier molecular flexibility index (Phi) is 3.96. The summed E-state index contributed by atoms with van der Waals surface area (Å²) in [5.74, 6) is 0.134. The lowest BCUT2D eigenvalue weighted by atomic mass is 9.96. The van der Waals surface area contributed by atoms with E-state index in [1.54, 1.807) is 6.20 Å². The standard InChI is InChI=1S/C13H19N3O4/c1-3-9-6-14-10(20-9)7-15-12(19)16-13(2,11(17)18)8-4-5-8/h6,8H,3-5,7H2,1-2H3,(H,17,18)(H2,15,16,19). The lowest BCUT2D eigenvalue weighted by Crippen LogP contribution is -2.56. The minimum absolute atomic E-state index is 0.000758. The lowest BCUT2D eigenvalue weighted by Gasteiger charge is -2.25. The van der Waals surface area contributed by atoms with E-state index in [0.29, 0.717) is 5.89 Å². The maximum Gasteiger partial charge on any atom is 0.329 e. The second-order valence-corrected chi connectivity index (χ2v) is 5.16. The number of aromatic nitrogens is 1. The number of carboxylic acid groups (broad SMARTS) is 1. The van der Waals surface area contributed by atoms with Crippen molar-refractivity contribution in [2.45, 2.75) is 45.2 Å². The number of carboxylic acids is 1. The molecule has 0 radical (unpaired) electrons. The number of rotatable bonds is 6. The fourth-order valence-corrected chi connectivity index (χ4v) is 2.02. The van der Waals surface area contributed by atoms with E-state index in [1.165, 1.54) is 6.92 Å². The number of nitrogens with one attached hydrogen (secondary N) is 2. The highest BCUT2D eigenvalue weighted by atomic mass is 16.4. The maximum atomic E-state index is 11.8. The fourth-order valence-electron chi connectivity index (χ4n) is 2.02. The molecule has 1 aromatic heterocycles. The third-order valence-electron chi connectivity index (χ3n) is 3.56. The summed E-state index contributed by atoms with van der Waals surface area (Å²) in [5, 5.41) is 14.3. The van der Waals surface area contributed by atoms with Crippen LogP contribution in [0.25, 0.3) is 0 Å². The first-order valence-electron chi connectivity index (χ1n) is 6.68. The zero-order valence-electron chi connectivity index (χ0n) is 11.6. The van der Waals surface area contributed by atoms with Crippen LogP contribution < -0.4 is 10.6 Å². The van der Waals surface area contributed by atoms with Gasteiger partial charge in [0, 0.05) is 6.42 Å². The summed E-state index contributed by atoms with van der Waals surface area (Å²) in [5.41, 5.74) is -1.21. The van der Waals surface area contributed by atoms with Gasteiger partial charge >= 0.3 is 12.0 Å². The predicted octanol–water partition coefficient (Wildman–Crippen LogP) is 1.29. The maximum absolute atomic E-state index is 11.8. The normalized spacial score (nSPS) is 17.3. The molecule has 3 N–H and O–H groups in total. The van der Waals surface area contributed by atoms with Crippen molar-refractivity contribution in [3.63, 3.8) is 0 Å². The first-order valence-corrected chi connectivity index (χ1v) is 6.68. The molecular weight excluding hydrogens is 262 g/mol. The topological polar surface area (TPSA) is 104 Å². The molecule has 1 atom stereocenters. The van der Waals surface area contributed by atoms with Crippen LogP contribution in [0.15, 0.2) is 10.6 Å². The van der Waals surface area contributed by atoms with Crippen molar-refractivity contribution in [1.82, 2.24) is 15.6 Å². The molecule has 1 aliphatic carbocycles. The summed E-state index contributed by atoms with van der Waals surface area (Å²) in [7, 11) is 0. The Labute approximate surface area is 116 Å². The van der Waals surface area contributed by atoms with E-state index >= 15 is 0 Å². The summed E-state index contributed by atoms with van der Waals surface area (Å²) in [4.78, 5) is 27.1. The molecule has 0 spiro atoms. The van der Waals surface area contributed by atoms with Crippen molar-refractivity contribution >= 4 is 12.0 Å². The van der Waals surface area contributed by atoms with Gasteiger partial charge < -0.3 is 20.2 Å². The molecule has 7 nitrogen and oxygen atoms in total. The highest BCUT2D eigenvalue weighted by molar-refractivity contribution is 5.86. The predicted molar refractivity (Wildman–Crippen MR) is 70.0 cm³/mol. The molecule has 1 heterocycles. The van der Waals surface area contributed by atoms with Crippen LogP contribution in [0.4, 0.5) is 4.79 Å². The number of carbonyl (C=O) groups excluding carboxylic acids is 1. The van der Waals surface area contributed by atoms with Gasteiger partial charge in [-0.2, -0.15) is 0 Å². The van der Waals surface area contributed by atoms with Gasteiger partial charge in [-0.15, -0.1) is 0 Å². The number of nitrogens with zero attached hydrogens (tertiary/aromatic N) is 1. The molecule has 1 aromatic rings. The minimum Gasteiger partial charge on any atom is -0.480 e. The van der Waals surface area contributed by atoms with Crippen molar-refractivity contribution in [1.29, 1.82) is 0 Å². The molecular formula is C13H19N3O4. The van der Waals surface area contributed by atoms with Gasteiger partial charge in [-0.05, 0) is 25.7 Å². The molecule has 1 aliphatic rings. The Morgan fingerprint density at radius 1 is 1.55 bits per heavy atom. The van der Waals surface area contributed by atoms with Gasteiger partial charge in [0.2, 0.25) is 5.89 Å². The number of aliphatic carboxylic acids is 1. The van der Waals surface area contributed by atoms with Crippen LogP contribution >= 0.6 is 0 Å². The van der Waals surface area contributed by atoms with Gasteiger partial charge in [-0.3, -0.25) is 0 Å². The van der Waals surface area contributed by atoms with Gasteiger partial charge in [-0.1, -0.05) is 6.92 Å². The highest BCUT2D eigenvalue weighted by Crippen LogP contribution is 2.39. The third kappa shape index (κ3) is 3.09. The van der Waals surface area contributed by atoms with E-state index in [0.717, 1.165) is 25.0 Å². The number of hydrogen-bond acceptors (Lipinski definition) is 4. The molecule has 20 heavy (non-hydrogen) atoms. The smallest absolute Gasteiger partial charge is 0.329 e. The Morgan fingerprint density at radius 2 is 2.25 bits per heavy atom. The number of amides is 2. The summed E-state index contributed by atoms with van der Waals surface area (Å²) in [6.45, 7) is 3.61. The monoisotopic (exact) mass is 281 g/mol. The van der Waals surface area contributed by atoms with E-state index in [4.69, 9.17) is 4.42 Å². The molecule has 2 rings (SSSR count). The summed E-state index contributed by atoms with van der Waals surface area (Å²) >= 11 is 0. The summed E-state index contributed by atoms with van der Waals surface area (Å²) in [6, 6.07) is -0.530. The average molecular weight is 281 g/mol. The van der Waals surface area contributed by atoms with Gasteiger partial charge in [0.1, 0.15) is 11.3 Å². The second-order valence-electron chi connectivity index (χ2n) is 5.16. The van der Waals surface area contributed by atoms with Crippen molar-refractivity contribution in [2.24, 2.45) is 5.92 Å². The first kappa shape index (κ1) is 14.4. The Morgan fingerprint density at radius 3 is 2.75 bits per heavy atom. The second kappa shape index (κ2) is 5.52. The number of aryl methyl sites for hydroxylation is 1. The van der Waals surface area contributed by atoms with Crippen LogP contribution in [0.2, 0.25) is 0 Å². The molecule has 1 unspecified atom stereocenters. The van der Waals surface area contributed by atoms with Crippen molar-refractivity contribution in [3.05, 3.63) is 17.8 Å². The fraction of sp³-hybridized carbons (Fsp3) is 0.615. The van der Waals surface area contributed by atoms with Crippen LogP contribution in [0.5, 0.6) is 0 Å². The number of hydrogen-bond donors (Lipinski definition) is 3. The van der Waals surface area contributed by atoms with Gasteiger partial charge in [0.15, 0.2) is 0 Å². The average Bonchev–Trinajstić information content (AvgIpc) is 3.16. The van der Waals surface area contributed by atoms with Crippen LogP contribution in [0.1, 0.15) is 38.3 Å². The summed E-state index contributed by atoms with van der Waals surface area (Å²) < 4.78 is 5.35. The van der Waals surface area contributed by atoms with Crippen molar-refractivity contribution in [3.8, 4) is 0 Å². The molecule has 1 saturated carbocycles. The van der Waals surface area contributed by atoms with E-state index in [9.17, 15) is 14.7 Å². The van der Waals surface area contributed by atoms with Crippen LogP contribution in [-0.2, 0) is 17.8 Å². The Bertz CT molecular complexity index is 509. The largest absolute Gasteiger partial charge is 0.480 e.